The van der Waals surface area contributed by atoms with E-state index in [9.17, 15) is 9.59 Å². The molecular formula is C18H26N2O3S. The molecule has 1 aromatic heterocycles. The number of nitrogens with one attached hydrogen (secondary N) is 1. The lowest BCUT2D eigenvalue weighted by Gasteiger charge is -2.19. The zero-order valence-corrected chi connectivity index (χ0v) is 15.3. The zero-order valence-electron chi connectivity index (χ0n) is 14.5. The number of nitrogens with zero attached hydrogens (tertiary/aromatic N) is 1. The summed E-state index contributed by atoms with van der Waals surface area (Å²) in [6.07, 6.45) is 5.52. The Bertz CT molecular complexity index is 620. The second-order valence-corrected chi connectivity index (χ2v) is 7.79. The molecule has 1 aliphatic carbocycles. The lowest BCUT2D eigenvalue weighted by Crippen LogP contribution is -2.31. The van der Waals surface area contributed by atoms with Crippen LogP contribution < -0.4 is 5.32 Å². The number of rotatable bonds is 5. The van der Waals surface area contributed by atoms with Gasteiger partial charge in [-0.25, -0.2) is 4.79 Å². The van der Waals surface area contributed by atoms with Crippen molar-refractivity contribution in [1.29, 1.82) is 0 Å². The van der Waals surface area contributed by atoms with Gasteiger partial charge in [-0.3, -0.25) is 9.69 Å². The predicted molar refractivity (Wildman–Crippen MR) is 95.9 cm³/mol. The second kappa shape index (κ2) is 7.66. The first-order chi connectivity index (χ1) is 11.6. The van der Waals surface area contributed by atoms with E-state index in [1.807, 2.05) is 6.92 Å². The summed E-state index contributed by atoms with van der Waals surface area (Å²) in [7, 11) is 0. The number of carbonyl (C=O) groups excluding carboxylic acids is 2. The van der Waals surface area contributed by atoms with Crippen molar-refractivity contribution in [3.05, 3.63) is 16.0 Å². The molecule has 1 amide bonds. The van der Waals surface area contributed by atoms with Crippen LogP contribution in [-0.4, -0.2) is 43.0 Å². The molecule has 0 bridgehead atoms. The molecule has 6 heteroatoms. The minimum absolute atomic E-state index is 0.0336. The molecule has 0 unspecified atom stereocenters. The fourth-order valence-corrected chi connectivity index (χ4v) is 5.08. The van der Waals surface area contributed by atoms with E-state index >= 15 is 0 Å². The predicted octanol–water partition coefficient (Wildman–Crippen LogP) is 3.40. The number of hydrogen-bond acceptors (Lipinski definition) is 5. The van der Waals surface area contributed by atoms with Gasteiger partial charge in [-0.2, -0.15) is 0 Å². The number of likely N-dealkylation sites (tertiary alicyclic amines) is 1. The van der Waals surface area contributed by atoms with Crippen molar-refractivity contribution < 1.29 is 14.3 Å². The molecule has 1 saturated heterocycles. The van der Waals surface area contributed by atoms with Gasteiger partial charge in [0.25, 0.3) is 0 Å². The summed E-state index contributed by atoms with van der Waals surface area (Å²) in [6, 6.07) is 0. The highest BCUT2D eigenvalue weighted by Crippen LogP contribution is 2.43. The van der Waals surface area contributed by atoms with E-state index in [0.29, 0.717) is 29.6 Å². The lowest BCUT2D eigenvalue weighted by molar-refractivity contribution is -0.117. The van der Waals surface area contributed by atoms with Crippen LogP contribution in [0.4, 0.5) is 5.00 Å². The van der Waals surface area contributed by atoms with Gasteiger partial charge in [0.2, 0.25) is 5.91 Å². The molecule has 1 atom stereocenters. The van der Waals surface area contributed by atoms with E-state index in [1.165, 1.54) is 4.88 Å². The van der Waals surface area contributed by atoms with Crippen LogP contribution in [0.25, 0.3) is 0 Å². The molecular weight excluding hydrogens is 324 g/mol. The van der Waals surface area contributed by atoms with Gasteiger partial charge in [-0.05, 0) is 63.6 Å². The van der Waals surface area contributed by atoms with Gasteiger partial charge in [0.05, 0.1) is 18.7 Å². The molecule has 132 valence electrons. The van der Waals surface area contributed by atoms with Gasteiger partial charge >= 0.3 is 5.97 Å². The van der Waals surface area contributed by atoms with Crippen molar-refractivity contribution in [2.45, 2.75) is 51.9 Å². The molecule has 0 radical (unpaired) electrons. The first kappa shape index (κ1) is 17.4. The number of aryl methyl sites for hydroxylation is 1. The maximum Gasteiger partial charge on any atom is 0.341 e. The number of amides is 1. The SMILES string of the molecule is CCOC(=O)c1c(NC(=O)CN2CCCC2)sc2c1[C@@H](C)CCC2. The van der Waals surface area contributed by atoms with E-state index in [4.69, 9.17) is 4.74 Å². The van der Waals surface area contributed by atoms with Crippen LogP contribution in [0, 0.1) is 0 Å². The zero-order chi connectivity index (χ0) is 17.1. The molecule has 1 N–H and O–H groups in total. The highest BCUT2D eigenvalue weighted by atomic mass is 32.1. The fraction of sp³-hybridized carbons (Fsp3) is 0.667. The summed E-state index contributed by atoms with van der Waals surface area (Å²) in [5, 5.41) is 3.67. The Kier molecular flexibility index (Phi) is 5.56. The summed E-state index contributed by atoms with van der Waals surface area (Å²) in [5.41, 5.74) is 1.69. The summed E-state index contributed by atoms with van der Waals surface area (Å²) >= 11 is 1.55. The van der Waals surface area contributed by atoms with Gasteiger partial charge in [-0.15, -0.1) is 11.3 Å². The van der Waals surface area contributed by atoms with Crippen LogP contribution in [0.3, 0.4) is 0 Å². The van der Waals surface area contributed by atoms with Gasteiger partial charge in [0, 0.05) is 4.88 Å². The molecule has 3 rings (SSSR count). The molecule has 1 aromatic rings. The van der Waals surface area contributed by atoms with Crippen molar-refractivity contribution in [2.75, 3.05) is 31.6 Å². The quantitative estimate of drug-likeness (QED) is 0.827. The first-order valence-corrected chi connectivity index (χ1v) is 9.76. The number of thiophene rings is 1. The molecule has 0 saturated carbocycles. The average molecular weight is 350 g/mol. The van der Waals surface area contributed by atoms with Crippen LogP contribution in [-0.2, 0) is 16.0 Å². The summed E-state index contributed by atoms with van der Waals surface area (Å²) in [4.78, 5) is 28.3. The highest BCUT2D eigenvalue weighted by Gasteiger charge is 2.31. The summed E-state index contributed by atoms with van der Waals surface area (Å²) in [5.74, 6) is 0.00237. The third-order valence-electron chi connectivity index (χ3n) is 4.85. The summed E-state index contributed by atoms with van der Waals surface area (Å²) < 4.78 is 5.26. The van der Waals surface area contributed by atoms with Crippen LogP contribution in [0.15, 0.2) is 0 Å². The van der Waals surface area contributed by atoms with Crippen LogP contribution in [0.2, 0.25) is 0 Å². The minimum atomic E-state index is -0.305. The van der Waals surface area contributed by atoms with Crippen LogP contribution in [0.5, 0.6) is 0 Å². The molecule has 0 aromatic carbocycles. The highest BCUT2D eigenvalue weighted by molar-refractivity contribution is 7.17. The standard InChI is InChI=1S/C18H26N2O3S/c1-3-23-18(22)16-15-12(2)7-6-8-13(15)24-17(16)19-14(21)11-20-9-4-5-10-20/h12H,3-11H2,1-2H3,(H,19,21)/t12-/m0/s1. The van der Waals surface area contributed by atoms with Crippen molar-refractivity contribution in [3.63, 3.8) is 0 Å². The smallest absolute Gasteiger partial charge is 0.341 e. The van der Waals surface area contributed by atoms with E-state index in [1.54, 1.807) is 11.3 Å². The van der Waals surface area contributed by atoms with E-state index in [0.717, 1.165) is 50.8 Å². The number of anilines is 1. The van der Waals surface area contributed by atoms with Gasteiger partial charge < -0.3 is 10.1 Å². The van der Waals surface area contributed by atoms with Crippen molar-refractivity contribution in [1.82, 2.24) is 4.90 Å². The van der Waals surface area contributed by atoms with Crippen molar-refractivity contribution in [2.24, 2.45) is 0 Å². The third-order valence-corrected chi connectivity index (χ3v) is 6.03. The van der Waals surface area contributed by atoms with Crippen LogP contribution in [0.1, 0.15) is 66.2 Å². The van der Waals surface area contributed by atoms with E-state index in [2.05, 4.69) is 17.1 Å². The Morgan fingerprint density at radius 2 is 2.04 bits per heavy atom. The van der Waals surface area contributed by atoms with Crippen LogP contribution >= 0.6 is 11.3 Å². The Balaban J connectivity index is 1.83. The maximum atomic E-state index is 12.5. The number of hydrogen-bond donors (Lipinski definition) is 1. The maximum absolute atomic E-state index is 12.5. The number of ether oxygens (including phenoxy) is 1. The second-order valence-electron chi connectivity index (χ2n) is 6.69. The average Bonchev–Trinajstić information content (AvgIpc) is 3.15. The Morgan fingerprint density at radius 3 is 2.75 bits per heavy atom. The molecule has 5 nitrogen and oxygen atoms in total. The minimum Gasteiger partial charge on any atom is -0.462 e. The molecule has 2 heterocycles. The Hall–Kier alpha value is -1.40. The van der Waals surface area contributed by atoms with Gasteiger partial charge in [-0.1, -0.05) is 6.92 Å². The number of fused-ring (bicyclic) bond motifs is 1. The normalized spacial score (nSPS) is 20.7. The number of carbonyl (C=O) groups is 2. The van der Waals surface area contributed by atoms with Crippen molar-refractivity contribution >= 4 is 28.2 Å². The Morgan fingerprint density at radius 1 is 1.29 bits per heavy atom. The molecule has 2 aliphatic rings. The molecule has 24 heavy (non-hydrogen) atoms. The molecule has 0 spiro atoms. The van der Waals surface area contributed by atoms with E-state index in [-0.39, 0.29) is 11.9 Å². The number of esters is 1. The van der Waals surface area contributed by atoms with Gasteiger partial charge in [0.15, 0.2) is 0 Å². The molecule has 1 aliphatic heterocycles. The topological polar surface area (TPSA) is 58.6 Å². The Labute approximate surface area is 147 Å². The van der Waals surface area contributed by atoms with E-state index < -0.39 is 0 Å². The monoisotopic (exact) mass is 350 g/mol. The largest absolute Gasteiger partial charge is 0.462 e. The molecule has 1 fully saturated rings. The third kappa shape index (κ3) is 3.64. The van der Waals surface area contributed by atoms with Crippen molar-refractivity contribution in [3.8, 4) is 0 Å². The van der Waals surface area contributed by atoms with Gasteiger partial charge in [0.1, 0.15) is 5.00 Å². The summed E-state index contributed by atoms with van der Waals surface area (Å²) in [6.45, 7) is 6.68. The fourth-order valence-electron chi connectivity index (χ4n) is 3.71. The first-order valence-electron chi connectivity index (χ1n) is 8.95. The lowest BCUT2D eigenvalue weighted by atomic mass is 9.86.